The lowest BCUT2D eigenvalue weighted by atomic mass is 10.1. The molecule has 0 saturated heterocycles. The second-order valence-electron chi connectivity index (χ2n) is 5.84. The molecule has 0 amide bonds. The first-order valence-corrected chi connectivity index (χ1v) is 9.16. The molecule has 0 aliphatic rings. The number of esters is 1. The Balaban J connectivity index is 2.05. The summed E-state index contributed by atoms with van der Waals surface area (Å²) in [7, 11) is 0. The van der Waals surface area contributed by atoms with Crippen molar-refractivity contribution in [2.45, 2.75) is 33.2 Å². The van der Waals surface area contributed by atoms with Gasteiger partial charge >= 0.3 is 5.97 Å². The molecule has 5 heteroatoms. The molecule has 25 heavy (non-hydrogen) atoms. The maximum Gasteiger partial charge on any atom is 0.333 e. The van der Waals surface area contributed by atoms with E-state index >= 15 is 0 Å². The van der Waals surface area contributed by atoms with E-state index in [0.717, 1.165) is 22.7 Å². The van der Waals surface area contributed by atoms with Gasteiger partial charge in [0.1, 0.15) is 5.01 Å². The fourth-order valence-corrected chi connectivity index (χ4v) is 3.19. The highest BCUT2D eigenvalue weighted by Crippen LogP contribution is 2.21. The zero-order valence-electron chi connectivity index (χ0n) is 14.9. The van der Waals surface area contributed by atoms with Crippen LogP contribution in [0.4, 0.5) is 0 Å². The van der Waals surface area contributed by atoms with Gasteiger partial charge in [0.05, 0.1) is 18.3 Å². The molecule has 2 rings (SSSR count). The molecule has 0 spiro atoms. The van der Waals surface area contributed by atoms with E-state index in [1.165, 1.54) is 5.56 Å². The Morgan fingerprint density at radius 3 is 2.72 bits per heavy atom. The van der Waals surface area contributed by atoms with Crippen LogP contribution in [0.2, 0.25) is 0 Å². The van der Waals surface area contributed by atoms with E-state index in [-0.39, 0.29) is 12.0 Å². The summed E-state index contributed by atoms with van der Waals surface area (Å²) in [6.07, 6.45) is 4.51. The highest BCUT2D eigenvalue weighted by molar-refractivity contribution is 7.09. The molecule has 1 aromatic heterocycles. The topological polar surface area (TPSA) is 65.2 Å². The molecule has 1 atom stereocenters. The lowest BCUT2D eigenvalue weighted by Crippen LogP contribution is -2.13. The van der Waals surface area contributed by atoms with Crippen molar-refractivity contribution in [3.63, 3.8) is 0 Å². The van der Waals surface area contributed by atoms with Gasteiger partial charge in [-0.05, 0) is 50.5 Å². The fraction of sp³-hybridized carbons (Fsp3) is 0.300. The number of rotatable bonds is 7. The molecule has 2 aromatic rings. The van der Waals surface area contributed by atoms with Crippen molar-refractivity contribution in [1.82, 2.24) is 4.98 Å². The Morgan fingerprint density at radius 2 is 2.04 bits per heavy atom. The Hall–Kier alpha value is -2.24. The van der Waals surface area contributed by atoms with E-state index in [2.05, 4.69) is 17.1 Å². The molecule has 132 valence electrons. The van der Waals surface area contributed by atoms with Crippen LogP contribution < -0.4 is 5.73 Å². The quantitative estimate of drug-likeness (QED) is 0.456. The smallest absolute Gasteiger partial charge is 0.333 e. The number of benzene rings is 1. The number of thiazole rings is 1. The molecule has 1 unspecified atom stereocenters. The van der Waals surface area contributed by atoms with Crippen LogP contribution in [0, 0.1) is 0 Å². The van der Waals surface area contributed by atoms with E-state index in [9.17, 15) is 4.79 Å². The van der Waals surface area contributed by atoms with Crippen molar-refractivity contribution in [1.29, 1.82) is 0 Å². The van der Waals surface area contributed by atoms with Gasteiger partial charge in [0, 0.05) is 11.0 Å². The summed E-state index contributed by atoms with van der Waals surface area (Å²) in [5.74, 6) is -0.292. The van der Waals surface area contributed by atoms with Crippen LogP contribution in [-0.2, 0) is 16.0 Å². The van der Waals surface area contributed by atoms with Gasteiger partial charge in [-0.15, -0.1) is 11.3 Å². The SMILES string of the molecule is CCOC(=O)/C(C)=C\C(C)=C\c1csc(C(N)Cc2ccccc2)n1. The Bertz CT molecular complexity index is 763. The summed E-state index contributed by atoms with van der Waals surface area (Å²) < 4.78 is 4.98. The predicted octanol–water partition coefficient (Wildman–Crippen LogP) is 4.30. The zero-order chi connectivity index (χ0) is 18.2. The van der Waals surface area contributed by atoms with E-state index in [4.69, 9.17) is 10.5 Å². The normalized spacial score (nSPS) is 13.6. The van der Waals surface area contributed by atoms with Gasteiger partial charge < -0.3 is 10.5 Å². The van der Waals surface area contributed by atoms with Crippen molar-refractivity contribution < 1.29 is 9.53 Å². The second-order valence-corrected chi connectivity index (χ2v) is 6.73. The lowest BCUT2D eigenvalue weighted by molar-refractivity contribution is -0.138. The number of nitrogens with zero attached hydrogens (tertiary/aromatic N) is 1. The second kappa shape index (κ2) is 9.30. The van der Waals surface area contributed by atoms with Crippen LogP contribution in [0.3, 0.4) is 0 Å². The number of hydrogen-bond donors (Lipinski definition) is 1. The van der Waals surface area contributed by atoms with Crippen LogP contribution in [0.5, 0.6) is 0 Å². The van der Waals surface area contributed by atoms with Crippen LogP contribution in [-0.4, -0.2) is 17.6 Å². The van der Waals surface area contributed by atoms with Gasteiger partial charge in [-0.2, -0.15) is 0 Å². The minimum absolute atomic E-state index is 0.119. The van der Waals surface area contributed by atoms with Crippen LogP contribution in [0.15, 0.2) is 52.9 Å². The third kappa shape index (κ3) is 5.96. The lowest BCUT2D eigenvalue weighted by Gasteiger charge is -2.08. The molecule has 0 radical (unpaired) electrons. The van der Waals surface area contributed by atoms with E-state index in [1.54, 1.807) is 31.3 Å². The van der Waals surface area contributed by atoms with Gasteiger partial charge in [-0.1, -0.05) is 30.3 Å². The molecule has 1 heterocycles. The zero-order valence-corrected chi connectivity index (χ0v) is 15.7. The summed E-state index contributed by atoms with van der Waals surface area (Å²) in [5.41, 5.74) is 9.85. The molecule has 0 aliphatic carbocycles. The minimum atomic E-state index is -0.292. The van der Waals surface area contributed by atoms with Crippen LogP contribution >= 0.6 is 11.3 Å². The number of ether oxygens (including phenoxy) is 1. The largest absolute Gasteiger partial charge is 0.463 e. The van der Waals surface area contributed by atoms with Crippen molar-refractivity contribution in [2.24, 2.45) is 5.73 Å². The Kier molecular flexibility index (Phi) is 7.10. The molecule has 4 nitrogen and oxygen atoms in total. The average molecular weight is 356 g/mol. The molecule has 0 bridgehead atoms. The monoisotopic (exact) mass is 356 g/mol. The van der Waals surface area contributed by atoms with E-state index in [0.29, 0.717) is 12.2 Å². The van der Waals surface area contributed by atoms with Crippen LogP contribution in [0.25, 0.3) is 6.08 Å². The van der Waals surface area contributed by atoms with E-state index < -0.39 is 0 Å². The molecule has 0 saturated carbocycles. The minimum Gasteiger partial charge on any atom is -0.463 e. The van der Waals surface area contributed by atoms with Gasteiger partial charge in [0.2, 0.25) is 0 Å². The number of allylic oxidation sites excluding steroid dienone is 2. The van der Waals surface area contributed by atoms with Gasteiger partial charge in [-0.3, -0.25) is 0 Å². The first kappa shape index (κ1) is 19.1. The Labute approximate surface area is 153 Å². The maximum atomic E-state index is 11.7. The summed E-state index contributed by atoms with van der Waals surface area (Å²) in [6.45, 7) is 5.86. The molecular formula is C20H24N2O2S. The molecule has 0 aliphatic heterocycles. The number of hydrogen-bond acceptors (Lipinski definition) is 5. The third-order valence-corrected chi connectivity index (χ3v) is 4.57. The van der Waals surface area contributed by atoms with Crippen molar-refractivity contribution in [3.05, 3.63) is 69.2 Å². The first-order chi connectivity index (χ1) is 12.0. The Morgan fingerprint density at radius 1 is 1.32 bits per heavy atom. The van der Waals surface area contributed by atoms with Gasteiger partial charge in [-0.25, -0.2) is 9.78 Å². The average Bonchev–Trinajstić information content (AvgIpc) is 3.04. The van der Waals surface area contributed by atoms with Gasteiger partial charge in [0.15, 0.2) is 0 Å². The van der Waals surface area contributed by atoms with E-state index in [1.807, 2.05) is 36.6 Å². The highest BCUT2D eigenvalue weighted by atomic mass is 32.1. The third-order valence-electron chi connectivity index (χ3n) is 3.57. The first-order valence-electron chi connectivity index (χ1n) is 8.28. The molecule has 1 aromatic carbocycles. The predicted molar refractivity (Wildman–Crippen MR) is 103 cm³/mol. The number of carbonyl (C=O) groups is 1. The fourth-order valence-electron chi connectivity index (χ4n) is 2.41. The van der Waals surface area contributed by atoms with Crippen molar-refractivity contribution >= 4 is 23.4 Å². The molecule has 0 fully saturated rings. The highest BCUT2D eigenvalue weighted by Gasteiger charge is 2.11. The number of aromatic nitrogens is 1. The standard InChI is InChI=1S/C20H24N2O2S/c1-4-24-20(23)15(3)10-14(2)11-17-13-25-19(22-17)18(21)12-16-8-6-5-7-9-16/h5-11,13,18H,4,12,21H2,1-3H3/b14-11+,15-10-. The van der Waals surface area contributed by atoms with Crippen molar-refractivity contribution in [2.75, 3.05) is 6.61 Å². The van der Waals surface area contributed by atoms with Crippen molar-refractivity contribution in [3.8, 4) is 0 Å². The summed E-state index contributed by atoms with van der Waals surface area (Å²) >= 11 is 1.56. The summed E-state index contributed by atoms with van der Waals surface area (Å²) in [4.78, 5) is 16.3. The number of carbonyl (C=O) groups excluding carboxylic acids is 1. The van der Waals surface area contributed by atoms with Gasteiger partial charge in [0.25, 0.3) is 0 Å². The van der Waals surface area contributed by atoms with Crippen LogP contribution in [0.1, 0.15) is 43.1 Å². The summed E-state index contributed by atoms with van der Waals surface area (Å²) in [5, 5.41) is 2.89. The number of nitrogens with two attached hydrogens (primary N) is 1. The maximum absolute atomic E-state index is 11.7. The molecule has 2 N–H and O–H groups in total. The molecular weight excluding hydrogens is 332 g/mol. The summed E-state index contributed by atoms with van der Waals surface area (Å²) in [6, 6.07) is 10.0.